The molecule has 0 bridgehead atoms. The van der Waals surface area contributed by atoms with E-state index >= 15 is 0 Å². The maximum Gasteiger partial charge on any atom is 0.103 e. The molecule has 0 aliphatic rings. The van der Waals surface area contributed by atoms with E-state index in [2.05, 4.69) is 15.0 Å². The van der Waals surface area contributed by atoms with Crippen molar-refractivity contribution >= 4 is 0 Å². The van der Waals surface area contributed by atoms with Gasteiger partial charge in [-0.1, -0.05) is 0 Å². The fourth-order valence-electron chi connectivity index (χ4n) is 1.39. The van der Waals surface area contributed by atoms with E-state index in [0.717, 1.165) is 22.8 Å². The third-order valence-corrected chi connectivity index (χ3v) is 1.94. The fourth-order valence-corrected chi connectivity index (χ4v) is 1.39. The number of H-pyrrole nitrogens is 1. The summed E-state index contributed by atoms with van der Waals surface area (Å²) in [5, 5.41) is 0. The summed E-state index contributed by atoms with van der Waals surface area (Å²) in [6.07, 6.45) is 3.58. The van der Waals surface area contributed by atoms with Gasteiger partial charge in [-0.25, -0.2) is 4.98 Å². The van der Waals surface area contributed by atoms with Crippen molar-refractivity contribution in [3.05, 3.63) is 36.0 Å². The predicted octanol–water partition coefficient (Wildman–Crippen LogP) is 2.09. The summed E-state index contributed by atoms with van der Waals surface area (Å²) >= 11 is 0. The normalized spacial score (nSPS) is 10.3. The molecule has 0 aromatic carbocycles. The second-order valence-corrected chi connectivity index (χ2v) is 3.04. The van der Waals surface area contributed by atoms with Crippen molar-refractivity contribution in [3.63, 3.8) is 0 Å². The van der Waals surface area contributed by atoms with Crippen LogP contribution in [0.5, 0.6) is 0 Å². The van der Waals surface area contributed by atoms with Gasteiger partial charge in [0.05, 0.1) is 5.69 Å². The highest BCUT2D eigenvalue weighted by molar-refractivity contribution is 5.60. The number of hydrogen-bond acceptors (Lipinski definition) is 2. The average molecular weight is 173 g/mol. The molecule has 0 unspecified atom stereocenters. The molecule has 1 N–H and O–H groups in total. The van der Waals surface area contributed by atoms with Gasteiger partial charge in [-0.15, -0.1) is 0 Å². The molecule has 0 saturated heterocycles. The van der Waals surface area contributed by atoms with Gasteiger partial charge in [-0.05, 0) is 26.0 Å². The van der Waals surface area contributed by atoms with Crippen LogP contribution in [-0.2, 0) is 0 Å². The highest BCUT2D eigenvalue weighted by Gasteiger charge is 2.05. The van der Waals surface area contributed by atoms with Gasteiger partial charge in [0.15, 0.2) is 0 Å². The number of imidazole rings is 1. The van der Waals surface area contributed by atoms with Crippen LogP contribution < -0.4 is 0 Å². The Hall–Kier alpha value is -1.64. The van der Waals surface area contributed by atoms with E-state index in [1.165, 1.54) is 0 Å². The van der Waals surface area contributed by atoms with Crippen molar-refractivity contribution < 1.29 is 0 Å². The standard InChI is InChI=1S/C10H11N3/c1-7-10(13-8(2)12-7)9-4-3-5-11-6-9/h3-6H,1-2H3,(H,12,13). The van der Waals surface area contributed by atoms with Crippen molar-refractivity contribution in [2.75, 3.05) is 0 Å². The van der Waals surface area contributed by atoms with E-state index in [1.807, 2.05) is 32.2 Å². The summed E-state index contributed by atoms with van der Waals surface area (Å²) in [5.41, 5.74) is 3.14. The summed E-state index contributed by atoms with van der Waals surface area (Å²) in [6, 6.07) is 3.92. The van der Waals surface area contributed by atoms with E-state index in [-0.39, 0.29) is 0 Å². The Balaban J connectivity index is 2.53. The van der Waals surface area contributed by atoms with Gasteiger partial charge in [0, 0.05) is 23.7 Å². The SMILES string of the molecule is Cc1nc(-c2cccnc2)c(C)[nH]1. The largest absolute Gasteiger partial charge is 0.346 e. The molecule has 2 rings (SSSR count). The monoisotopic (exact) mass is 173 g/mol. The van der Waals surface area contributed by atoms with E-state index in [0.29, 0.717) is 0 Å². The Bertz CT molecular complexity index is 403. The fraction of sp³-hybridized carbons (Fsp3) is 0.200. The Labute approximate surface area is 76.9 Å². The molecular weight excluding hydrogens is 162 g/mol. The highest BCUT2D eigenvalue weighted by atomic mass is 14.9. The molecule has 66 valence electrons. The van der Waals surface area contributed by atoms with Crippen LogP contribution in [-0.4, -0.2) is 15.0 Å². The van der Waals surface area contributed by atoms with Gasteiger partial charge in [-0.2, -0.15) is 0 Å². The zero-order chi connectivity index (χ0) is 9.26. The number of aromatic nitrogens is 3. The number of nitrogens with zero attached hydrogens (tertiary/aromatic N) is 2. The first-order valence-electron chi connectivity index (χ1n) is 4.21. The van der Waals surface area contributed by atoms with Crippen LogP contribution in [0.2, 0.25) is 0 Å². The topological polar surface area (TPSA) is 41.6 Å². The average Bonchev–Trinajstić information content (AvgIpc) is 2.47. The number of aryl methyl sites for hydroxylation is 2. The minimum Gasteiger partial charge on any atom is -0.346 e. The van der Waals surface area contributed by atoms with Gasteiger partial charge in [0.1, 0.15) is 5.82 Å². The highest BCUT2D eigenvalue weighted by Crippen LogP contribution is 2.18. The number of nitrogens with one attached hydrogen (secondary N) is 1. The smallest absolute Gasteiger partial charge is 0.103 e. The second-order valence-electron chi connectivity index (χ2n) is 3.04. The minimum absolute atomic E-state index is 0.941. The van der Waals surface area contributed by atoms with Crippen LogP contribution in [0.25, 0.3) is 11.3 Å². The van der Waals surface area contributed by atoms with Gasteiger partial charge >= 0.3 is 0 Å². The number of rotatable bonds is 1. The lowest BCUT2D eigenvalue weighted by Crippen LogP contribution is -1.81. The first kappa shape index (κ1) is 7.98. The lowest BCUT2D eigenvalue weighted by atomic mass is 10.2. The zero-order valence-electron chi connectivity index (χ0n) is 7.70. The third-order valence-electron chi connectivity index (χ3n) is 1.94. The van der Waals surface area contributed by atoms with E-state index in [1.54, 1.807) is 6.20 Å². The first-order chi connectivity index (χ1) is 6.27. The first-order valence-corrected chi connectivity index (χ1v) is 4.21. The third kappa shape index (κ3) is 1.45. The van der Waals surface area contributed by atoms with Crippen LogP contribution >= 0.6 is 0 Å². The molecule has 0 aliphatic heterocycles. The lowest BCUT2D eigenvalue weighted by Gasteiger charge is -1.95. The van der Waals surface area contributed by atoms with Crippen molar-refractivity contribution in [1.82, 2.24) is 15.0 Å². The molecule has 0 aliphatic carbocycles. The molecule has 0 saturated carbocycles. The second kappa shape index (κ2) is 3.01. The van der Waals surface area contributed by atoms with Crippen LogP contribution in [0.15, 0.2) is 24.5 Å². The van der Waals surface area contributed by atoms with Crippen LogP contribution in [0.1, 0.15) is 11.5 Å². The molecule has 3 heteroatoms. The molecule has 13 heavy (non-hydrogen) atoms. The van der Waals surface area contributed by atoms with Crippen molar-refractivity contribution in [2.45, 2.75) is 13.8 Å². The Morgan fingerprint density at radius 1 is 1.31 bits per heavy atom. The van der Waals surface area contributed by atoms with Gasteiger partial charge in [0.2, 0.25) is 0 Å². The predicted molar refractivity (Wildman–Crippen MR) is 51.3 cm³/mol. The molecule has 2 heterocycles. The number of aromatic amines is 1. The molecule has 0 atom stereocenters. The molecule has 0 spiro atoms. The lowest BCUT2D eigenvalue weighted by molar-refractivity contribution is 1.13. The van der Waals surface area contributed by atoms with Crippen LogP contribution in [0.3, 0.4) is 0 Å². The summed E-state index contributed by atoms with van der Waals surface area (Å²) in [5.74, 6) is 0.941. The molecule has 0 amide bonds. The van der Waals surface area contributed by atoms with Gasteiger partial charge < -0.3 is 4.98 Å². The number of hydrogen-bond donors (Lipinski definition) is 1. The minimum atomic E-state index is 0.941. The van der Waals surface area contributed by atoms with Gasteiger partial charge in [-0.3, -0.25) is 4.98 Å². The zero-order valence-corrected chi connectivity index (χ0v) is 7.70. The Morgan fingerprint density at radius 3 is 2.69 bits per heavy atom. The molecule has 3 nitrogen and oxygen atoms in total. The molecule has 2 aromatic heterocycles. The summed E-state index contributed by atoms with van der Waals surface area (Å²) in [4.78, 5) is 11.6. The molecule has 2 aromatic rings. The van der Waals surface area contributed by atoms with Gasteiger partial charge in [0.25, 0.3) is 0 Å². The molecular formula is C10H11N3. The summed E-state index contributed by atoms with van der Waals surface area (Å²) < 4.78 is 0. The quantitative estimate of drug-likeness (QED) is 0.717. The van der Waals surface area contributed by atoms with E-state index in [4.69, 9.17) is 0 Å². The Kier molecular flexibility index (Phi) is 1.85. The Morgan fingerprint density at radius 2 is 2.15 bits per heavy atom. The van der Waals surface area contributed by atoms with Crippen LogP contribution in [0.4, 0.5) is 0 Å². The summed E-state index contributed by atoms with van der Waals surface area (Å²) in [6.45, 7) is 3.97. The van der Waals surface area contributed by atoms with Crippen molar-refractivity contribution in [1.29, 1.82) is 0 Å². The number of pyridine rings is 1. The summed E-state index contributed by atoms with van der Waals surface area (Å²) in [7, 11) is 0. The molecule has 0 fully saturated rings. The maximum atomic E-state index is 4.38. The van der Waals surface area contributed by atoms with E-state index in [9.17, 15) is 0 Å². The maximum absolute atomic E-state index is 4.38. The van der Waals surface area contributed by atoms with Crippen molar-refractivity contribution in [3.8, 4) is 11.3 Å². The van der Waals surface area contributed by atoms with Crippen LogP contribution in [0, 0.1) is 13.8 Å². The van der Waals surface area contributed by atoms with Crippen molar-refractivity contribution in [2.24, 2.45) is 0 Å². The molecule has 0 radical (unpaired) electrons. The van der Waals surface area contributed by atoms with E-state index < -0.39 is 0 Å².